The van der Waals surface area contributed by atoms with E-state index in [2.05, 4.69) is 41.7 Å². The Labute approximate surface area is 128 Å². The first kappa shape index (κ1) is 13.9. The van der Waals surface area contributed by atoms with E-state index in [4.69, 9.17) is 5.73 Å². The fraction of sp³-hybridized carbons (Fsp3) is 0.235. The summed E-state index contributed by atoms with van der Waals surface area (Å²) in [5, 5.41) is 7.90. The number of hydrogen-bond donors (Lipinski definition) is 2. The Balaban J connectivity index is 2.03. The molecule has 0 amide bonds. The summed E-state index contributed by atoms with van der Waals surface area (Å²) in [6, 6.07) is 10.5. The number of aromatic nitrogens is 1. The zero-order valence-electron chi connectivity index (χ0n) is 12.2. The number of rotatable bonds is 4. The first-order valence-corrected chi connectivity index (χ1v) is 7.97. The van der Waals surface area contributed by atoms with E-state index in [1.807, 2.05) is 24.4 Å². The Hall–Kier alpha value is -2.07. The van der Waals surface area contributed by atoms with E-state index in [1.54, 1.807) is 17.5 Å². The van der Waals surface area contributed by atoms with Gasteiger partial charge in [0.05, 0.1) is 6.04 Å². The fourth-order valence-corrected chi connectivity index (χ4v) is 3.49. The van der Waals surface area contributed by atoms with Crippen LogP contribution in [0.3, 0.4) is 0 Å². The maximum absolute atomic E-state index is 6.06. The van der Waals surface area contributed by atoms with Crippen molar-refractivity contribution in [2.24, 2.45) is 5.92 Å². The third kappa shape index (κ3) is 2.72. The van der Waals surface area contributed by atoms with Crippen molar-refractivity contribution in [3.05, 3.63) is 53.0 Å². The largest absolute Gasteiger partial charge is 0.398 e. The summed E-state index contributed by atoms with van der Waals surface area (Å²) in [6.07, 6.45) is 3.65. The second-order valence-electron chi connectivity index (χ2n) is 5.51. The van der Waals surface area contributed by atoms with Crippen molar-refractivity contribution < 1.29 is 0 Å². The number of hydrogen-bond acceptors (Lipinski definition) is 4. The molecule has 2 aromatic heterocycles. The fourth-order valence-electron chi connectivity index (χ4n) is 2.54. The van der Waals surface area contributed by atoms with E-state index in [-0.39, 0.29) is 6.04 Å². The molecule has 4 heteroatoms. The van der Waals surface area contributed by atoms with Crippen LogP contribution in [0.15, 0.2) is 48.1 Å². The summed E-state index contributed by atoms with van der Waals surface area (Å²) >= 11 is 1.78. The van der Waals surface area contributed by atoms with Gasteiger partial charge in [0.15, 0.2) is 0 Å². The van der Waals surface area contributed by atoms with Crippen molar-refractivity contribution in [1.82, 2.24) is 4.98 Å². The first-order chi connectivity index (χ1) is 10.2. The standard InChI is InChI=1S/C17H19N3S/c1-11(2)17(16-4-3-9-21-16)20-15-6-5-14(18)12-7-8-19-10-13(12)15/h3-11,17,20H,18H2,1-2H3. The molecule has 0 bridgehead atoms. The van der Waals surface area contributed by atoms with Gasteiger partial charge in [-0.3, -0.25) is 4.98 Å². The van der Waals surface area contributed by atoms with Crippen LogP contribution in [0.4, 0.5) is 11.4 Å². The van der Waals surface area contributed by atoms with Gasteiger partial charge in [0.2, 0.25) is 0 Å². The molecule has 0 aliphatic carbocycles. The molecule has 0 aliphatic heterocycles. The number of thiophene rings is 1. The van der Waals surface area contributed by atoms with Crippen LogP contribution in [0.25, 0.3) is 10.8 Å². The van der Waals surface area contributed by atoms with Crippen molar-refractivity contribution in [2.75, 3.05) is 11.1 Å². The lowest BCUT2D eigenvalue weighted by molar-refractivity contribution is 0.554. The smallest absolute Gasteiger partial charge is 0.0629 e. The highest BCUT2D eigenvalue weighted by Crippen LogP contribution is 2.34. The van der Waals surface area contributed by atoms with Crippen LogP contribution in [0.5, 0.6) is 0 Å². The Morgan fingerprint density at radius 1 is 1.14 bits per heavy atom. The predicted octanol–water partition coefficient (Wildman–Crippen LogP) is 4.69. The van der Waals surface area contributed by atoms with Gasteiger partial charge in [-0.25, -0.2) is 0 Å². The number of pyridine rings is 1. The maximum atomic E-state index is 6.06. The minimum atomic E-state index is 0.289. The van der Waals surface area contributed by atoms with Gasteiger partial charge in [-0.15, -0.1) is 11.3 Å². The normalized spacial score (nSPS) is 12.7. The highest BCUT2D eigenvalue weighted by molar-refractivity contribution is 7.10. The predicted molar refractivity (Wildman–Crippen MR) is 91.7 cm³/mol. The minimum Gasteiger partial charge on any atom is -0.398 e. The van der Waals surface area contributed by atoms with Crippen LogP contribution in [0, 0.1) is 5.92 Å². The van der Waals surface area contributed by atoms with Crippen LogP contribution < -0.4 is 11.1 Å². The molecule has 1 atom stereocenters. The molecule has 0 radical (unpaired) electrons. The summed E-state index contributed by atoms with van der Waals surface area (Å²) in [5.41, 5.74) is 7.93. The average molecular weight is 297 g/mol. The second-order valence-corrected chi connectivity index (χ2v) is 6.48. The van der Waals surface area contributed by atoms with Gasteiger partial charge in [-0.1, -0.05) is 19.9 Å². The van der Waals surface area contributed by atoms with Crippen molar-refractivity contribution in [1.29, 1.82) is 0 Å². The number of benzene rings is 1. The Morgan fingerprint density at radius 3 is 2.71 bits per heavy atom. The molecular formula is C17H19N3S. The van der Waals surface area contributed by atoms with Gasteiger partial charge in [0, 0.05) is 39.4 Å². The molecule has 1 aromatic carbocycles. The molecule has 1 unspecified atom stereocenters. The summed E-state index contributed by atoms with van der Waals surface area (Å²) in [4.78, 5) is 5.58. The number of fused-ring (bicyclic) bond motifs is 1. The molecule has 3 N–H and O–H groups in total. The van der Waals surface area contributed by atoms with E-state index < -0.39 is 0 Å². The van der Waals surface area contributed by atoms with Gasteiger partial charge in [0.1, 0.15) is 0 Å². The molecule has 0 spiro atoms. The molecule has 0 aliphatic rings. The molecular weight excluding hydrogens is 278 g/mol. The molecule has 2 heterocycles. The summed E-state index contributed by atoms with van der Waals surface area (Å²) in [7, 11) is 0. The van der Waals surface area contributed by atoms with Crippen molar-refractivity contribution in [2.45, 2.75) is 19.9 Å². The van der Waals surface area contributed by atoms with E-state index in [9.17, 15) is 0 Å². The van der Waals surface area contributed by atoms with Crippen LogP contribution >= 0.6 is 11.3 Å². The zero-order chi connectivity index (χ0) is 14.8. The molecule has 0 saturated heterocycles. The highest BCUT2D eigenvalue weighted by Gasteiger charge is 2.17. The molecule has 21 heavy (non-hydrogen) atoms. The lowest BCUT2D eigenvalue weighted by atomic mass is 10.0. The van der Waals surface area contributed by atoms with Crippen molar-refractivity contribution >= 4 is 33.5 Å². The van der Waals surface area contributed by atoms with Gasteiger partial charge in [-0.2, -0.15) is 0 Å². The number of anilines is 2. The molecule has 3 aromatic rings. The van der Waals surface area contributed by atoms with Crippen molar-refractivity contribution in [3.63, 3.8) is 0 Å². The Bertz CT molecular complexity index is 735. The van der Waals surface area contributed by atoms with Gasteiger partial charge < -0.3 is 11.1 Å². The van der Waals surface area contributed by atoms with Gasteiger partial charge >= 0.3 is 0 Å². The van der Waals surface area contributed by atoms with E-state index in [1.165, 1.54) is 4.88 Å². The van der Waals surface area contributed by atoms with Crippen LogP contribution in [0.1, 0.15) is 24.8 Å². The first-order valence-electron chi connectivity index (χ1n) is 7.09. The molecule has 108 valence electrons. The third-order valence-electron chi connectivity index (χ3n) is 3.68. The van der Waals surface area contributed by atoms with Gasteiger partial charge in [-0.05, 0) is 35.6 Å². The number of nitrogens with one attached hydrogen (secondary N) is 1. The monoisotopic (exact) mass is 297 g/mol. The number of nitrogen functional groups attached to an aromatic ring is 1. The molecule has 3 nitrogen and oxygen atoms in total. The number of nitrogens with zero attached hydrogens (tertiary/aromatic N) is 1. The van der Waals surface area contributed by atoms with Crippen LogP contribution in [-0.2, 0) is 0 Å². The maximum Gasteiger partial charge on any atom is 0.0629 e. The lowest BCUT2D eigenvalue weighted by Gasteiger charge is -2.23. The summed E-state index contributed by atoms with van der Waals surface area (Å²) in [5.74, 6) is 0.493. The quantitative estimate of drug-likeness (QED) is 0.687. The van der Waals surface area contributed by atoms with Crippen LogP contribution in [0.2, 0.25) is 0 Å². The number of nitrogens with two attached hydrogens (primary N) is 1. The Kier molecular flexibility index (Phi) is 3.80. The zero-order valence-corrected chi connectivity index (χ0v) is 13.0. The SMILES string of the molecule is CC(C)C(Nc1ccc(N)c2ccncc12)c1cccs1. The topological polar surface area (TPSA) is 50.9 Å². The van der Waals surface area contributed by atoms with E-state index >= 15 is 0 Å². The second kappa shape index (κ2) is 5.74. The molecule has 3 rings (SSSR count). The minimum absolute atomic E-state index is 0.289. The molecule has 0 saturated carbocycles. The summed E-state index contributed by atoms with van der Waals surface area (Å²) < 4.78 is 0. The van der Waals surface area contributed by atoms with Crippen molar-refractivity contribution in [3.8, 4) is 0 Å². The van der Waals surface area contributed by atoms with E-state index in [0.29, 0.717) is 5.92 Å². The highest BCUT2D eigenvalue weighted by atomic mass is 32.1. The van der Waals surface area contributed by atoms with Gasteiger partial charge in [0.25, 0.3) is 0 Å². The van der Waals surface area contributed by atoms with Crippen LogP contribution in [-0.4, -0.2) is 4.98 Å². The third-order valence-corrected chi connectivity index (χ3v) is 4.63. The average Bonchev–Trinajstić information content (AvgIpc) is 3.00. The Morgan fingerprint density at radius 2 is 2.00 bits per heavy atom. The molecule has 0 fully saturated rings. The summed E-state index contributed by atoms with van der Waals surface area (Å²) in [6.45, 7) is 4.46. The van der Waals surface area contributed by atoms with E-state index in [0.717, 1.165) is 22.1 Å². The lowest BCUT2D eigenvalue weighted by Crippen LogP contribution is -2.15.